The van der Waals surface area contributed by atoms with Crippen LogP contribution >= 0.6 is 0 Å². The predicted octanol–water partition coefficient (Wildman–Crippen LogP) is 1.97. The number of aliphatic imine (C=N–C) groups is 1. The number of aliphatic hydroxyl groups excluding tert-OH is 1. The van der Waals surface area contributed by atoms with Gasteiger partial charge < -0.3 is 20.6 Å². The van der Waals surface area contributed by atoms with Crippen molar-refractivity contribution in [1.29, 1.82) is 0 Å². The van der Waals surface area contributed by atoms with Crippen molar-refractivity contribution >= 4 is 5.96 Å². The summed E-state index contributed by atoms with van der Waals surface area (Å²) >= 11 is 0. The lowest BCUT2D eigenvalue weighted by Crippen LogP contribution is -2.41. The third-order valence-electron chi connectivity index (χ3n) is 5.58. The molecule has 2 aliphatic rings. The highest BCUT2D eigenvalue weighted by Gasteiger charge is 2.34. The zero-order valence-corrected chi connectivity index (χ0v) is 15.1. The molecule has 1 saturated heterocycles. The molecule has 0 amide bonds. The molecule has 0 aromatic rings. The van der Waals surface area contributed by atoms with Crippen LogP contribution in [0.2, 0.25) is 0 Å². The molecule has 1 aliphatic carbocycles. The molecule has 2 fully saturated rings. The van der Waals surface area contributed by atoms with Gasteiger partial charge in [-0.05, 0) is 57.4 Å². The van der Waals surface area contributed by atoms with E-state index < -0.39 is 0 Å². The monoisotopic (exact) mass is 324 g/mol. The molecule has 2 rings (SSSR count). The van der Waals surface area contributed by atoms with Crippen LogP contribution in [0.25, 0.3) is 0 Å². The lowest BCUT2D eigenvalue weighted by molar-refractivity contribution is 0.0822. The highest BCUT2D eigenvalue weighted by molar-refractivity contribution is 5.79. The number of nitrogens with zero attached hydrogens (tertiary/aromatic N) is 2. The summed E-state index contributed by atoms with van der Waals surface area (Å²) in [6.07, 6.45) is 8.20. The van der Waals surface area contributed by atoms with Gasteiger partial charge in [0.25, 0.3) is 0 Å². The van der Waals surface area contributed by atoms with Crippen LogP contribution in [0.3, 0.4) is 0 Å². The molecular weight excluding hydrogens is 288 g/mol. The number of hydrogen-bond donors (Lipinski definition) is 3. The Bertz CT molecular complexity index is 355. The van der Waals surface area contributed by atoms with E-state index in [1.165, 1.54) is 25.7 Å². The number of hydrogen-bond acceptors (Lipinski definition) is 3. The molecule has 1 aliphatic heterocycles. The fraction of sp³-hybridized carbons (Fsp3) is 0.944. The van der Waals surface area contributed by atoms with E-state index in [4.69, 9.17) is 4.99 Å². The molecule has 0 aromatic carbocycles. The van der Waals surface area contributed by atoms with Gasteiger partial charge in [-0.25, -0.2) is 0 Å². The van der Waals surface area contributed by atoms with E-state index in [0.717, 1.165) is 64.5 Å². The summed E-state index contributed by atoms with van der Waals surface area (Å²) in [6, 6.07) is 0. The maximum absolute atomic E-state index is 9.54. The maximum Gasteiger partial charge on any atom is 0.191 e. The summed E-state index contributed by atoms with van der Waals surface area (Å²) in [6.45, 7) is 10.4. The quantitative estimate of drug-likeness (QED) is 0.363. The molecule has 0 atom stereocenters. The van der Waals surface area contributed by atoms with Crippen molar-refractivity contribution in [1.82, 2.24) is 15.5 Å². The van der Waals surface area contributed by atoms with Crippen molar-refractivity contribution < 1.29 is 5.11 Å². The highest BCUT2D eigenvalue weighted by atomic mass is 16.3. The van der Waals surface area contributed by atoms with Gasteiger partial charge >= 0.3 is 0 Å². The van der Waals surface area contributed by atoms with Crippen LogP contribution < -0.4 is 10.6 Å². The molecule has 0 aromatic heterocycles. The summed E-state index contributed by atoms with van der Waals surface area (Å²) in [5, 5.41) is 16.4. The van der Waals surface area contributed by atoms with E-state index in [1.807, 2.05) is 0 Å². The number of likely N-dealkylation sites (tertiary alicyclic amines) is 1. The Morgan fingerprint density at radius 2 is 1.96 bits per heavy atom. The van der Waals surface area contributed by atoms with Gasteiger partial charge in [-0.15, -0.1) is 0 Å². The second-order valence-corrected chi connectivity index (χ2v) is 7.26. The lowest BCUT2D eigenvalue weighted by Gasteiger charge is -2.40. The summed E-state index contributed by atoms with van der Waals surface area (Å²) in [7, 11) is 0. The largest absolute Gasteiger partial charge is 0.393 e. The number of guanidine groups is 1. The standard InChI is InChI=1S/C18H36N4O/c1-3-18(9-5-10-18)15-21-17(19-4-2)20-11-6-12-22-13-7-16(23)8-14-22/h16,23H,3-15H2,1-2H3,(H2,19,20,21). The molecule has 3 N–H and O–H groups in total. The van der Waals surface area contributed by atoms with Crippen molar-refractivity contribution in [2.75, 3.05) is 39.3 Å². The first-order chi connectivity index (χ1) is 11.2. The van der Waals surface area contributed by atoms with Crippen LogP contribution in [-0.2, 0) is 0 Å². The van der Waals surface area contributed by atoms with Crippen LogP contribution in [0.4, 0.5) is 0 Å². The number of aliphatic hydroxyl groups is 1. The molecule has 0 radical (unpaired) electrons. The van der Waals surface area contributed by atoms with Crippen LogP contribution in [0.15, 0.2) is 4.99 Å². The van der Waals surface area contributed by atoms with Crippen LogP contribution in [0.5, 0.6) is 0 Å². The Morgan fingerprint density at radius 3 is 2.52 bits per heavy atom. The van der Waals surface area contributed by atoms with E-state index in [2.05, 4.69) is 29.4 Å². The minimum Gasteiger partial charge on any atom is -0.393 e. The van der Waals surface area contributed by atoms with Crippen molar-refractivity contribution in [2.45, 2.75) is 64.9 Å². The zero-order chi connectivity index (χ0) is 16.5. The first-order valence-electron chi connectivity index (χ1n) is 9.60. The first-order valence-corrected chi connectivity index (χ1v) is 9.60. The number of rotatable bonds is 8. The normalized spacial score (nSPS) is 22.7. The molecule has 0 spiro atoms. The fourth-order valence-corrected chi connectivity index (χ4v) is 3.54. The van der Waals surface area contributed by atoms with Crippen molar-refractivity contribution in [3.8, 4) is 0 Å². The van der Waals surface area contributed by atoms with Gasteiger partial charge in [-0.3, -0.25) is 4.99 Å². The van der Waals surface area contributed by atoms with Gasteiger partial charge in [0.2, 0.25) is 0 Å². The second kappa shape index (κ2) is 9.48. The zero-order valence-electron chi connectivity index (χ0n) is 15.1. The number of nitrogens with one attached hydrogen (secondary N) is 2. The van der Waals surface area contributed by atoms with E-state index in [1.54, 1.807) is 0 Å². The average Bonchev–Trinajstić information content (AvgIpc) is 2.52. The summed E-state index contributed by atoms with van der Waals surface area (Å²) < 4.78 is 0. The van der Waals surface area contributed by atoms with E-state index in [-0.39, 0.29) is 6.10 Å². The van der Waals surface area contributed by atoms with Crippen LogP contribution in [0.1, 0.15) is 58.8 Å². The Morgan fingerprint density at radius 1 is 1.22 bits per heavy atom. The van der Waals surface area contributed by atoms with Gasteiger partial charge in [0, 0.05) is 32.7 Å². The van der Waals surface area contributed by atoms with E-state index in [9.17, 15) is 5.11 Å². The van der Waals surface area contributed by atoms with Gasteiger partial charge in [0.05, 0.1) is 6.10 Å². The maximum atomic E-state index is 9.54. The van der Waals surface area contributed by atoms with E-state index >= 15 is 0 Å². The Labute approximate surface area is 141 Å². The van der Waals surface area contributed by atoms with Crippen molar-refractivity contribution in [3.63, 3.8) is 0 Å². The topological polar surface area (TPSA) is 59.9 Å². The van der Waals surface area contributed by atoms with Crippen molar-refractivity contribution in [2.24, 2.45) is 10.4 Å². The fourth-order valence-electron chi connectivity index (χ4n) is 3.54. The smallest absolute Gasteiger partial charge is 0.191 e. The first kappa shape index (κ1) is 18.5. The summed E-state index contributed by atoms with van der Waals surface area (Å²) in [4.78, 5) is 7.28. The summed E-state index contributed by atoms with van der Waals surface area (Å²) in [5.74, 6) is 0.973. The second-order valence-electron chi connectivity index (χ2n) is 7.26. The highest BCUT2D eigenvalue weighted by Crippen LogP contribution is 2.43. The molecule has 134 valence electrons. The Hall–Kier alpha value is -0.810. The van der Waals surface area contributed by atoms with Gasteiger partial charge in [0.15, 0.2) is 5.96 Å². The molecule has 1 heterocycles. The van der Waals surface area contributed by atoms with Gasteiger partial charge in [-0.2, -0.15) is 0 Å². The van der Waals surface area contributed by atoms with E-state index in [0.29, 0.717) is 5.41 Å². The van der Waals surface area contributed by atoms with Crippen LogP contribution in [0, 0.1) is 5.41 Å². The predicted molar refractivity (Wildman–Crippen MR) is 96.9 cm³/mol. The minimum atomic E-state index is -0.0748. The molecule has 0 bridgehead atoms. The molecular formula is C18H36N4O. The van der Waals surface area contributed by atoms with Crippen LogP contribution in [-0.4, -0.2) is 61.3 Å². The molecule has 5 heteroatoms. The SMILES string of the molecule is CCNC(=NCC1(CC)CCC1)NCCCN1CCC(O)CC1. The van der Waals surface area contributed by atoms with Crippen molar-refractivity contribution in [3.05, 3.63) is 0 Å². The molecule has 5 nitrogen and oxygen atoms in total. The minimum absolute atomic E-state index is 0.0748. The summed E-state index contributed by atoms with van der Waals surface area (Å²) in [5.41, 5.74) is 0.483. The number of piperidine rings is 1. The Kier molecular flexibility index (Phi) is 7.63. The third-order valence-corrected chi connectivity index (χ3v) is 5.58. The Balaban J connectivity index is 1.65. The van der Waals surface area contributed by atoms with Gasteiger partial charge in [0.1, 0.15) is 0 Å². The molecule has 23 heavy (non-hydrogen) atoms. The van der Waals surface area contributed by atoms with Gasteiger partial charge in [-0.1, -0.05) is 13.3 Å². The molecule has 0 unspecified atom stereocenters. The molecule has 1 saturated carbocycles. The third kappa shape index (κ3) is 5.96. The lowest BCUT2D eigenvalue weighted by atomic mass is 9.67. The average molecular weight is 325 g/mol.